The van der Waals surface area contributed by atoms with Crippen LogP contribution < -0.4 is 10.6 Å². The summed E-state index contributed by atoms with van der Waals surface area (Å²) in [6.07, 6.45) is 0.855. The maximum Gasteiger partial charge on any atom is 0.239 e. The summed E-state index contributed by atoms with van der Waals surface area (Å²) in [6, 6.07) is 5.84. The topological polar surface area (TPSA) is 61.4 Å². The number of nitrogens with zero attached hydrogens (tertiary/aromatic N) is 1. The highest BCUT2D eigenvalue weighted by Crippen LogP contribution is 2.20. The fourth-order valence-electron chi connectivity index (χ4n) is 2.26. The van der Waals surface area contributed by atoms with Gasteiger partial charge >= 0.3 is 0 Å². The molecule has 5 heteroatoms. The number of anilines is 1. The van der Waals surface area contributed by atoms with Crippen molar-refractivity contribution in [2.45, 2.75) is 34.1 Å². The second-order valence-electron chi connectivity index (χ2n) is 6.87. The largest absolute Gasteiger partial charge is 0.355 e. The molecule has 1 aromatic rings. The number of carbonyl (C=O) groups excluding carboxylic acids is 2. The van der Waals surface area contributed by atoms with E-state index in [0.29, 0.717) is 6.54 Å². The van der Waals surface area contributed by atoms with Crippen LogP contribution in [0.3, 0.4) is 0 Å². The molecular formula is C18H29N3O2. The van der Waals surface area contributed by atoms with Crippen molar-refractivity contribution in [3.8, 4) is 0 Å². The number of amides is 2. The van der Waals surface area contributed by atoms with Crippen LogP contribution in [-0.4, -0.2) is 43.9 Å². The Hall–Kier alpha value is -1.88. The van der Waals surface area contributed by atoms with Crippen LogP contribution in [0.25, 0.3) is 0 Å². The second kappa shape index (κ2) is 8.11. The number of hydrogen-bond acceptors (Lipinski definition) is 3. The molecule has 2 amide bonds. The van der Waals surface area contributed by atoms with E-state index in [-0.39, 0.29) is 11.8 Å². The number of nitrogens with one attached hydrogen (secondary N) is 2. The molecule has 2 N–H and O–H groups in total. The third-order valence-corrected chi connectivity index (χ3v) is 3.68. The third kappa shape index (κ3) is 6.02. The average molecular weight is 319 g/mol. The van der Waals surface area contributed by atoms with Crippen LogP contribution in [-0.2, 0) is 9.59 Å². The molecule has 0 atom stereocenters. The molecule has 1 rings (SSSR count). The zero-order valence-corrected chi connectivity index (χ0v) is 15.1. The molecule has 0 spiro atoms. The summed E-state index contributed by atoms with van der Waals surface area (Å²) in [5.74, 6) is -0.550. The summed E-state index contributed by atoms with van der Waals surface area (Å²) in [4.78, 5) is 26.8. The van der Waals surface area contributed by atoms with Gasteiger partial charge in [-0.2, -0.15) is 0 Å². The first-order valence-corrected chi connectivity index (χ1v) is 7.95. The maximum atomic E-state index is 12.5. The fraction of sp³-hybridized carbons (Fsp3) is 0.556. The summed E-state index contributed by atoms with van der Waals surface area (Å²) in [5, 5.41) is 5.69. The van der Waals surface area contributed by atoms with Crippen LogP contribution in [0.15, 0.2) is 18.2 Å². The number of aryl methyl sites for hydroxylation is 2. The van der Waals surface area contributed by atoms with Crippen molar-refractivity contribution >= 4 is 17.5 Å². The molecule has 0 aromatic heterocycles. The van der Waals surface area contributed by atoms with Crippen molar-refractivity contribution in [1.82, 2.24) is 10.2 Å². The smallest absolute Gasteiger partial charge is 0.239 e. The molecule has 0 saturated carbocycles. The highest BCUT2D eigenvalue weighted by molar-refractivity contribution is 6.09. The normalized spacial score (nSPS) is 11.4. The van der Waals surface area contributed by atoms with Crippen molar-refractivity contribution in [3.05, 3.63) is 29.3 Å². The van der Waals surface area contributed by atoms with E-state index < -0.39 is 5.41 Å². The Bertz CT molecular complexity index is 545. The van der Waals surface area contributed by atoms with Crippen LogP contribution in [0.2, 0.25) is 0 Å². The van der Waals surface area contributed by atoms with E-state index in [1.54, 1.807) is 13.8 Å². The number of hydrogen-bond donors (Lipinski definition) is 2. The first-order valence-electron chi connectivity index (χ1n) is 7.95. The Kier molecular flexibility index (Phi) is 6.76. The van der Waals surface area contributed by atoms with Crippen LogP contribution >= 0.6 is 0 Å². The van der Waals surface area contributed by atoms with Crippen LogP contribution in [0.1, 0.15) is 31.4 Å². The molecule has 0 saturated heterocycles. The Morgan fingerprint density at radius 1 is 1.04 bits per heavy atom. The van der Waals surface area contributed by atoms with Crippen molar-refractivity contribution in [1.29, 1.82) is 0 Å². The standard InChI is InChI=1S/C18H29N3O2/c1-13-10-14(2)12-15(11-13)20-17(23)18(3,4)16(22)19-8-7-9-21(5)6/h10-12H,7-9H2,1-6H3,(H,19,22)(H,20,23). The predicted octanol–water partition coefficient (Wildman–Crippen LogP) is 2.34. The lowest BCUT2D eigenvalue weighted by Gasteiger charge is -2.23. The van der Waals surface area contributed by atoms with Crippen molar-refractivity contribution in [2.24, 2.45) is 5.41 Å². The molecule has 0 radical (unpaired) electrons. The minimum Gasteiger partial charge on any atom is -0.355 e. The van der Waals surface area contributed by atoms with Gasteiger partial charge in [-0.05, 0) is 78.0 Å². The monoisotopic (exact) mass is 319 g/mol. The lowest BCUT2D eigenvalue weighted by Crippen LogP contribution is -2.45. The molecule has 0 fully saturated rings. The summed E-state index contributed by atoms with van der Waals surface area (Å²) in [7, 11) is 3.98. The molecule has 128 valence electrons. The third-order valence-electron chi connectivity index (χ3n) is 3.68. The molecule has 1 aromatic carbocycles. The lowest BCUT2D eigenvalue weighted by molar-refractivity contribution is -0.138. The summed E-state index contributed by atoms with van der Waals surface area (Å²) in [5.41, 5.74) is 1.76. The van der Waals surface area contributed by atoms with Crippen LogP contribution in [0.4, 0.5) is 5.69 Å². The van der Waals surface area contributed by atoms with E-state index in [4.69, 9.17) is 0 Å². The SMILES string of the molecule is Cc1cc(C)cc(NC(=O)C(C)(C)C(=O)NCCCN(C)C)c1. The van der Waals surface area contributed by atoms with E-state index in [2.05, 4.69) is 15.5 Å². The molecular weight excluding hydrogens is 290 g/mol. The van der Waals surface area contributed by atoms with E-state index in [9.17, 15) is 9.59 Å². The molecule has 0 unspecified atom stereocenters. The fourth-order valence-corrected chi connectivity index (χ4v) is 2.26. The van der Waals surface area contributed by atoms with Gasteiger partial charge in [0.25, 0.3) is 0 Å². The van der Waals surface area contributed by atoms with Crippen LogP contribution in [0.5, 0.6) is 0 Å². The molecule has 5 nitrogen and oxygen atoms in total. The number of benzene rings is 1. The van der Waals surface area contributed by atoms with Crippen molar-refractivity contribution < 1.29 is 9.59 Å². The quantitative estimate of drug-likeness (QED) is 0.599. The summed E-state index contributed by atoms with van der Waals surface area (Å²) < 4.78 is 0. The van der Waals surface area contributed by atoms with Gasteiger partial charge in [-0.1, -0.05) is 6.07 Å². The van der Waals surface area contributed by atoms with Gasteiger partial charge in [-0.25, -0.2) is 0 Å². The minimum atomic E-state index is -1.12. The Balaban J connectivity index is 2.63. The van der Waals surface area contributed by atoms with Gasteiger partial charge in [0.2, 0.25) is 11.8 Å². The average Bonchev–Trinajstić information content (AvgIpc) is 2.41. The van der Waals surface area contributed by atoms with E-state index in [1.807, 2.05) is 46.1 Å². The molecule has 0 aliphatic rings. The van der Waals surface area contributed by atoms with Gasteiger partial charge in [0.15, 0.2) is 0 Å². The molecule has 23 heavy (non-hydrogen) atoms. The van der Waals surface area contributed by atoms with E-state index >= 15 is 0 Å². The number of carbonyl (C=O) groups is 2. The van der Waals surface area contributed by atoms with Crippen molar-refractivity contribution in [3.63, 3.8) is 0 Å². The van der Waals surface area contributed by atoms with Gasteiger partial charge < -0.3 is 15.5 Å². The molecule has 0 bridgehead atoms. The zero-order chi connectivity index (χ0) is 17.6. The molecule has 0 aliphatic carbocycles. The predicted molar refractivity (Wildman–Crippen MR) is 94.5 cm³/mol. The minimum absolute atomic E-state index is 0.252. The van der Waals surface area contributed by atoms with E-state index in [0.717, 1.165) is 29.8 Å². The van der Waals surface area contributed by atoms with Gasteiger partial charge in [-0.3, -0.25) is 9.59 Å². The maximum absolute atomic E-state index is 12.5. The highest BCUT2D eigenvalue weighted by Gasteiger charge is 2.35. The second-order valence-corrected chi connectivity index (χ2v) is 6.87. The Morgan fingerprint density at radius 2 is 1.61 bits per heavy atom. The first kappa shape index (κ1) is 19.2. The number of rotatable bonds is 7. The molecule has 0 aliphatic heterocycles. The lowest BCUT2D eigenvalue weighted by atomic mass is 9.90. The van der Waals surface area contributed by atoms with Gasteiger partial charge in [0.05, 0.1) is 0 Å². The van der Waals surface area contributed by atoms with Gasteiger partial charge in [0.1, 0.15) is 5.41 Å². The first-order chi connectivity index (χ1) is 10.6. The van der Waals surface area contributed by atoms with Gasteiger partial charge in [-0.15, -0.1) is 0 Å². The summed E-state index contributed by atoms with van der Waals surface area (Å²) in [6.45, 7) is 8.71. The van der Waals surface area contributed by atoms with Crippen LogP contribution in [0, 0.1) is 19.3 Å². The van der Waals surface area contributed by atoms with Gasteiger partial charge in [0, 0.05) is 12.2 Å². The Morgan fingerprint density at radius 3 is 2.13 bits per heavy atom. The zero-order valence-electron chi connectivity index (χ0n) is 15.1. The highest BCUT2D eigenvalue weighted by atomic mass is 16.2. The Labute approximate surface area is 139 Å². The molecule has 0 heterocycles. The van der Waals surface area contributed by atoms with Crippen molar-refractivity contribution in [2.75, 3.05) is 32.5 Å². The summed E-state index contributed by atoms with van der Waals surface area (Å²) >= 11 is 0. The van der Waals surface area contributed by atoms with E-state index in [1.165, 1.54) is 0 Å².